The van der Waals surface area contributed by atoms with E-state index in [1.54, 1.807) is 45.4 Å². The van der Waals surface area contributed by atoms with E-state index in [0.29, 0.717) is 10.5 Å². The minimum atomic E-state index is -3.30. The topological polar surface area (TPSA) is 34.1 Å². The highest BCUT2D eigenvalue weighted by atomic mass is 32.2. The van der Waals surface area contributed by atoms with Crippen molar-refractivity contribution in [2.45, 2.75) is 4.90 Å². The van der Waals surface area contributed by atoms with Crippen LogP contribution in [0.4, 0.5) is 0 Å². The molecule has 1 aromatic rings. The molecular weight excluding hydrogens is 198 g/mol. The monoisotopic (exact) mass is 213 g/mol. The summed E-state index contributed by atoms with van der Waals surface area (Å²) >= 11 is 0. The summed E-state index contributed by atoms with van der Waals surface area (Å²) in [6.45, 7) is 3.71. The number of sulfonamides is 1. The number of hydrogen-bond acceptors (Lipinski definition) is 2. The van der Waals surface area contributed by atoms with Crippen molar-refractivity contribution in [3.05, 3.63) is 36.8 Å². The maximum atomic E-state index is 12.0. The van der Waals surface area contributed by atoms with E-state index in [1.165, 1.54) is 0 Å². The predicted octanol–water partition coefficient (Wildman–Crippen LogP) is 1.26. The van der Waals surface area contributed by atoms with Gasteiger partial charge in [-0.05, 0) is 24.6 Å². The first-order chi connectivity index (χ1) is 6.25. The molecule has 0 N–H and O–H groups in total. The number of quaternary nitrogens is 1. The molecule has 1 aromatic carbocycles. The summed E-state index contributed by atoms with van der Waals surface area (Å²) in [4.78, 5) is 0.317. The fraction of sp³-hybridized carbons (Fsp3) is 0.300. The third kappa shape index (κ3) is 1.96. The van der Waals surface area contributed by atoms with Crippen molar-refractivity contribution in [3.8, 4) is 0 Å². The fourth-order valence-electron chi connectivity index (χ4n) is 1.02. The normalized spacial score (nSPS) is 12.9. The molecule has 77 valence electrons. The van der Waals surface area contributed by atoms with Crippen molar-refractivity contribution in [2.24, 2.45) is 0 Å². The van der Waals surface area contributed by atoms with E-state index in [4.69, 9.17) is 0 Å². The van der Waals surface area contributed by atoms with Crippen molar-refractivity contribution in [3.63, 3.8) is 0 Å². The van der Waals surface area contributed by atoms with Crippen LogP contribution in [0.3, 0.4) is 0 Å². The zero-order valence-corrected chi connectivity index (χ0v) is 9.50. The highest BCUT2D eigenvalue weighted by molar-refractivity contribution is 7.85. The van der Waals surface area contributed by atoms with Crippen LogP contribution in [0.25, 0.3) is 0 Å². The molecule has 0 amide bonds. The van der Waals surface area contributed by atoms with Gasteiger partial charge in [-0.2, -0.15) is 8.42 Å². The molecule has 0 spiro atoms. The zero-order chi connectivity index (χ0) is 11.0. The van der Waals surface area contributed by atoms with E-state index in [2.05, 4.69) is 6.92 Å². The number of nitrogens with zero attached hydrogens (tertiary/aromatic N) is 1. The van der Waals surface area contributed by atoms with E-state index in [9.17, 15) is 8.42 Å². The van der Waals surface area contributed by atoms with E-state index >= 15 is 0 Å². The van der Waals surface area contributed by atoms with Crippen LogP contribution in [0.15, 0.2) is 29.2 Å². The molecule has 1 radical (unpaired) electrons. The number of hydrogen-bond donors (Lipinski definition) is 0. The highest BCUT2D eigenvalue weighted by Crippen LogP contribution is 2.18. The Kier molecular flexibility index (Phi) is 2.69. The Hall–Kier alpha value is -0.870. The van der Waals surface area contributed by atoms with E-state index in [0.717, 1.165) is 0 Å². The molecule has 0 aliphatic carbocycles. The van der Waals surface area contributed by atoms with Crippen LogP contribution in [0, 0.1) is 6.92 Å². The first-order valence-electron chi connectivity index (χ1n) is 4.24. The van der Waals surface area contributed by atoms with Gasteiger partial charge < -0.3 is 0 Å². The summed E-state index contributed by atoms with van der Waals surface area (Å²) in [6.07, 6.45) is 0. The molecule has 0 aromatic heterocycles. The molecule has 0 atom stereocenters. The van der Waals surface area contributed by atoms with E-state index < -0.39 is 10.0 Å². The Morgan fingerprint density at radius 3 is 2.21 bits per heavy atom. The summed E-state index contributed by atoms with van der Waals surface area (Å²) in [5, 5.41) is 0. The lowest BCUT2D eigenvalue weighted by atomic mass is 10.2. The fourth-order valence-corrected chi connectivity index (χ4v) is 2.21. The van der Waals surface area contributed by atoms with Crippen molar-refractivity contribution in [1.29, 1.82) is 0 Å². The second-order valence-electron chi connectivity index (χ2n) is 4.01. The summed E-state index contributed by atoms with van der Waals surface area (Å²) < 4.78 is 23.8. The average Bonchev–Trinajstić information content (AvgIpc) is 2.02. The van der Waals surface area contributed by atoms with Gasteiger partial charge in [0.1, 0.15) is 4.90 Å². The van der Waals surface area contributed by atoms with Gasteiger partial charge in [0.15, 0.2) is 0 Å². The van der Waals surface area contributed by atoms with Crippen LogP contribution in [-0.2, 0) is 10.0 Å². The second-order valence-corrected chi connectivity index (χ2v) is 6.53. The van der Waals surface area contributed by atoms with Gasteiger partial charge in [-0.25, -0.2) is 3.89 Å². The first-order valence-corrected chi connectivity index (χ1v) is 5.68. The summed E-state index contributed by atoms with van der Waals surface area (Å²) in [5.74, 6) is 0. The molecule has 0 aliphatic heterocycles. The Bertz CT molecular complexity index is 430. The van der Waals surface area contributed by atoms with Crippen LogP contribution in [0.1, 0.15) is 5.56 Å². The van der Waals surface area contributed by atoms with Gasteiger partial charge in [-0.15, -0.1) is 0 Å². The summed E-state index contributed by atoms with van der Waals surface area (Å²) in [6, 6.07) is 6.64. The zero-order valence-electron chi connectivity index (χ0n) is 8.69. The summed E-state index contributed by atoms with van der Waals surface area (Å²) in [7, 11) is 1.59. The molecule has 1 rings (SSSR count). The van der Waals surface area contributed by atoms with Gasteiger partial charge in [0.2, 0.25) is 0 Å². The molecule has 0 saturated carbocycles. The molecule has 0 bridgehead atoms. The smallest absolute Gasteiger partial charge is 0.222 e. The van der Waals surface area contributed by atoms with Gasteiger partial charge in [0.25, 0.3) is 0 Å². The van der Waals surface area contributed by atoms with Gasteiger partial charge in [-0.1, -0.05) is 12.1 Å². The van der Waals surface area contributed by atoms with Crippen molar-refractivity contribution in [1.82, 2.24) is 0 Å². The Morgan fingerprint density at radius 2 is 1.79 bits per heavy atom. The van der Waals surface area contributed by atoms with Crippen LogP contribution < -0.4 is 0 Å². The Morgan fingerprint density at radius 1 is 1.21 bits per heavy atom. The molecule has 0 saturated heterocycles. The van der Waals surface area contributed by atoms with Crippen LogP contribution >= 0.6 is 0 Å². The highest BCUT2D eigenvalue weighted by Gasteiger charge is 2.29. The minimum absolute atomic E-state index is 0.115. The SMILES string of the molecule is [CH2]c1cccc(S(=O)(=O)[N+](C)(C)C)c1. The van der Waals surface area contributed by atoms with E-state index in [-0.39, 0.29) is 3.89 Å². The minimum Gasteiger partial charge on any atom is -0.222 e. The van der Waals surface area contributed by atoms with Gasteiger partial charge >= 0.3 is 10.0 Å². The second kappa shape index (κ2) is 3.37. The van der Waals surface area contributed by atoms with Crippen molar-refractivity contribution < 1.29 is 12.3 Å². The molecule has 4 heteroatoms. The quantitative estimate of drug-likeness (QED) is 0.693. The van der Waals surface area contributed by atoms with Gasteiger partial charge in [0, 0.05) is 0 Å². The third-order valence-electron chi connectivity index (χ3n) is 1.92. The maximum absolute atomic E-state index is 12.0. The number of benzene rings is 1. The van der Waals surface area contributed by atoms with Gasteiger partial charge in [-0.3, -0.25) is 0 Å². The number of rotatable bonds is 2. The molecule has 3 nitrogen and oxygen atoms in total. The van der Waals surface area contributed by atoms with Crippen LogP contribution in [0.2, 0.25) is 0 Å². The van der Waals surface area contributed by atoms with Crippen molar-refractivity contribution in [2.75, 3.05) is 21.1 Å². The molecule has 0 heterocycles. The van der Waals surface area contributed by atoms with Crippen LogP contribution in [0.5, 0.6) is 0 Å². The van der Waals surface area contributed by atoms with Gasteiger partial charge in [0.05, 0.1) is 21.1 Å². The predicted molar refractivity (Wildman–Crippen MR) is 56.1 cm³/mol. The lowest BCUT2D eigenvalue weighted by Crippen LogP contribution is -2.40. The van der Waals surface area contributed by atoms with Crippen LogP contribution in [-0.4, -0.2) is 33.4 Å². The molecular formula is C10H15NO2S+. The van der Waals surface area contributed by atoms with Crippen molar-refractivity contribution >= 4 is 10.0 Å². The molecule has 0 fully saturated rings. The molecule has 0 aliphatic rings. The molecule has 14 heavy (non-hydrogen) atoms. The average molecular weight is 213 g/mol. The lowest BCUT2D eigenvalue weighted by Gasteiger charge is -2.22. The first kappa shape index (κ1) is 11.2. The molecule has 0 unspecified atom stereocenters. The lowest BCUT2D eigenvalue weighted by molar-refractivity contribution is -0.739. The third-order valence-corrected chi connectivity index (χ3v) is 4.21. The standard InChI is InChI=1S/C10H15NO2S/c1-9-6-5-7-10(8-9)14(12,13)11(2,3)4/h5-8H,1H2,2-4H3/q+1. The Balaban J connectivity index is 3.32. The summed E-state index contributed by atoms with van der Waals surface area (Å²) in [5.41, 5.74) is 0.708. The van der Waals surface area contributed by atoms with E-state index in [1.807, 2.05) is 0 Å². The maximum Gasteiger partial charge on any atom is 0.326 e. The Labute approximate surface area is 85.6 Å². The largest absolute Gasteiger partial charge is 0.326 e.